The Balaban J connectivity index is 0.00000169. The van der Waals surface area contributed by atoms with Gasteiger partial charge in [-0.3, -0.25) is 4.98 Å². The minimum absolute atomic E-state index is 0. The van der Waals surface area contributed by atoms with Crippen LogP contribution in [0.1, 0.15) is 44.2 Å². The molecule has 0 amide bonds. The molecule has 0 aliphatic heterocycles. The summed E-state index contributed by atoms with van der Waals surface area (Å²) in [5.74, 6) is 0. The first kappa shape index (κ1) is 13.4. The highest BCUT2D eigenvalue weighted by Crippen LogP contribution is 2.15. The second-order valence-electron chi connectivity index (χ2n) is 3.39. The molecule has 0 aromatic carbocycles. The smallest absolute Gasteiger partial charge is 0.0315 e. The lowest BCUT2D eigenvalue weighted by Gasteiger charge is -2.10. The van der Waals surface area contributed by atoms with Crippen molar-refractivity contribution >= 4 is 12.4 Å². The molecule has 14 heavy (non-hydrogen) atoms. The van der Waals surface area contributed by atoms with Crippen LogP contribution >= 0.6 is 12.4 Å². The van der Waals surface area contributed by atoms with Gasteiger partial charge < -0.3 is 5.73 Å². The summed E-state index contributed by atoms with van der Waals surface area (Å²) in [6.07, 6.45) is 8.44. The number of hydrogen-bond acceptors (Lipinski definition) is 2. The van der Waals surface area contributed by atoms with E-state index in [1.54, 1.807) is 6.20 Å². The van der Waals surface area contributed by atoms with Gasteiger partial charge >= 0.3 is 0 Å². The van der Waals surface area contributed by atoms with Gasteiger partial charge in [0.25, 0.3) is 0 Å². The minimum atomic E-state index is 0. The molecular weight excluding hydrogens is 196 g/mol. The van der Waals surface area contributed by atoms with E-state index in [2.05, 4.69) is 11.9 Å². The Morgan fingerprint density at radius 3 is 2.79 bits per heavy atom. The van der Waals surface area contributed by atoms with E-state index in [-0.39, 0.29) is 18.4 Å². The molecule has 0 saturated carbocycles. The highest BCUT2D eigenvalue weighted by Gasteiger charge is 2.03. The highest BCUT2D eigenvalue weighted by atomic mass is 35.5. The zero-order valence-electron chi connectivity index (χ0n) is 8.65. The molecule has 0 bridgehead atoms. The van der Waals surface area contributed by atoms with Crippen molar-refractivity contribution in [3.8, 4) is 0 Å². The Hall–Kier alpha value is -0.600. The molecule has 3 heteroatoms. The van der Waals surface area contributed by atoms with E-state index in [1.807, 2.05) is 18.3 Å². The first-order valence-electron chi connectivity index (χ1n) is 5.00. The van der Waals surface area contributed by atoms with Crippen LogP contribution in [0.25, 0.3) is 0 Å². The number of rotatable bonds is 5. The van der Waals surface area contributed by atoms with Gasteiger partial charge in [-0.1, -0.05) is 32.3 Å². The molecule has 1 aromatic rings. The fraction of sp³-hybridized carbons (Fsp3) is 0.545. The maximum atomic E-state index is 6.00. The average Bonchev–Trinajstić information content (AvgIpc) is 2.19. The van der Waals surface area contributed by atoms with E-state index in [1.165, 1.54) is 19.3 Å². The molecule has 0 aliphatic rings. The zero-order valence-corrected chi connectivity index (χ0v) is 9.46. The summed E-state index contributed by atoms with van der Waals surface area (Å²) in [7, 11) is 0. The van der Waals surface area contributed by atoms with E-state index in [4.69, 9.17) is 5.73 Å². The highest BCUT2D eigenvalue weighted by molar-refractivity contribution is 5.85. The van der Waals surface area contributed by atoms with E-state index >= 15 is 0 Å². The predicted molar refractivity (Wildman–Crippen MR) is 62.6 cm³/mol. The van der Waals surface area contributed by atoms with Crippen molar-refractivity contribution in [2.45, 2.75) is 38.6 Å². The molecule has 0 fully saturated rings. The molecular formula is C11H19ClN2. The molecule has 2 nitrogen and oxygen atoms in total. The number of nitrogens with zero attached hydrogens (tertiary/aromatic N) is 1. The first-order chi connectivity index (χ1) is 6.34. The molecule has 2 N–H and O–H groups in total. The molecule has 0 radical (unpaired) electrons. The van der Waals surface area contributed by atoms with Gasteiger partial charge in [0, 0.05) is 18.4 Å². The van der Waals surface area contributed by atoms with Gasteiger partial charge in [-0.2, -0.15) is 0 Å². The van der Waals surface area contributed by atoms with Crippen LogP contribution in [0.15, 0.2) is 24.5 Å². The third kappa shape index (κ3) is 4.58. The maximum absolute atomic E-state index is 6.00. The van der Waals surface area contributed by atoms with Crippen LogP contribution in [0.2, 0.25) is 0 Å². The van der Waals surface area contributed by atoms with Crippen molar-refractivity contribution in [3.63, 3.8) is 0 Å². The molecule has 1 heterocycles. The van der Waals surface area contributed by atoms with Crippen LogP contribution in [0.5, 0.6) is 0 Å². The molecule has 0 saturated heterocycles. The minimum Gasteiger partial charge on any atom is -0.324 e. The maximum Gasteiger partial charge on any atom is 0.0315 e. The number of nitrogens with two attached hydrogens (primary N) is 1. The van der Waals surface area contributed by atoms with Crippen molar-refractivity contribution in [3.05, 3.63) is 30.1 Å². The van der Waals surface area contributed by atoms with Crippen molar-refractivity contribution in [2.75, 3.05) is 0 Å². The second-order valence-corrected chi connectivity index (χ2v) is 3.39. The van der Waals surface area contributed by atoms with Crippen molar-refractivity contribution in [2.24, 2.45) is 5.73 Å². The number of halogens is 1. The third-order valence-corrected chi connectivity index (χ3v) is 2.23. The molecule has 1 rings (SSSR count). The van der Waals surface area contributed by atoms with Crippen LogP contribution in [0.4, 0.5) is 0 Å². The normalized spacial score (nSPS) is 11.9. The molecule has 80 valence electrons. The summed E-state index contributed by atoms with van der Waals surface area (Å²) >= 11 is 0. The van der Waals surface area contributed by atoms with Gasteiger partial charge in [0.05, 0.1) is 0 Å². The van der Waals surface area contributed by atoms with Gasteiger partial charge in [0.15, 0.2) is 0 Å². The lowest BCUT2D eigenvalue weighted by molar-refractivity contribution is 0.580. The summed E-state index contributed by atoms with van der Waals surface area (Å²) in [6, 6.07) is 4.15. The summed E-state index contributed by atoms with van der Waals surface area (Å²) in [4.78, 5) is 4.05. The van der Waals surface area contributed by atoms with Crippen LogP contribution < -0.4 is 5.73 Å². The number of aromatic nitrogens is 1. The van der Waals surface area contributed by atoms with Gasteiger partial charge in [0.2, 0.25) is 0 Å². The fourth-order valence-electron chi connectivity index (χ4n) is 1.38. The predicted octanol–water partition coefficient (Wildman–Crippen LogP) is 3.08. The fourth-order valence-corrected chi connectivity index (χ4v) is 1.38. The van der Waals surface area contributed by atoms with Gasteiger partial charge in [-0.15, -0.1) is 12.4 Å². The third-order valence-electron chi connectivity index (χ3n) is 2.23. The molecule has 1 aromatic heterocycles. The lowest BCUT2D eigenvalue weighted by Crippen LogP contribution is -2.10. The Morgan fingerprint density at radius 2 is 2.21 bits per heavy atom. The van der Waals surface area contributed by atoms with Crippen LogP contribution in [-0.4, -0.2) is 4.98 Å². The lowest BCUT2D eigenvalue weighted by atomic mass is 10.0. The quantitative estimate of drug-likeness (QED) is 0.766. The van der Waals surface area contributed by atoms with Gasteiger partial charge in [-0.05, 0) is 18.1 Å². The Kier molecular flexibility index (Phi) is 7.44. The second kappa shape index (κ2) is 7.77. The summed E-state index contributed by atoms with van der Waals surface area (Å²) in [5, 5.41) is 0. The van der Waals surface area contributed by atoms with Crippen molar-refractivity contribution in [1.29, 1.82) is 0 Å². The zero-order chi connectivity index (χ0) is 9.52. The standard InChI is InChI=1S/C11H18N2.ClH/c1-2-3-4-7-11(12)10-6-5-8-13-9-10;/h5-6,8-9,11H,2-4,7,12H2,1H3;1H/t11-;/m1./s1. The van der Waals surface area contributed by atoms with Crippen LogP contribution in [-0.2, 0) is 0 Å². The topological polar surface area (TPSA) is 38.9 Å². The Labute approximate surface area is 92.3 Å². The molecule has 0 unspecified atom stereocenters. The van der Waals surface area contributed by atoms with E-state index in [0.29, 0.717) is 0 Å². The number of pyridine rings is 1. The monoisotopic (exact) mass is 214 g/mol. The molecule has 0 aliphatic carbocycles. The van der Waals surface area contributed by atoms with Crippen molar-refractivity contribution in [1.82, 2.24) is 4.98 Å². The van der Waals surface area contributed by atoms with Crippen molar-refractivity contribution < 1.29 is 0 Å². The molecule has 0 spiro atoms. The Bertz CT molecular complexity index is 226. The van der Waals surface area contributed by atoms with E-state index < -0.39 is 0 Å². The van der Waals surface area contributed by atoms with E-state index in [0.717, 1.165) is 12.0 Å². The summed E-state index contributed by atoms with van der Waals surface area (Å²) in [5.41, 5.74) is 7.15. The van der Waals surface area contributed by atoms with Crippen LogP contribution in [0.3, 0.4) is 0 Å². The SMILES string of the molecule is CCCCC[C@@H](N)c1cccnc1.Cl. The number of hydrogen-bond donors (Lipinski definition) is 1. The number of unbranched alkanes of at least 4 members (excludes halogenated alkanes) is 2. The van der Waals surface area contributed by atoms with Gasteiger partial charge in [0.1, 0.15) is 0 Å². The average molecular weight is 215 g/mol. The van der Waals surface area contributed by atoms with Gasteiger partial charge in [-0.25, -0.2) is 0 Å². The first-order valence-corrected chi connectivity index (χ1v) is 5.00. The van der Waals surface area contributed by atoms with E-state index in [9.17, 15) is 0 Å². The summed E-state index contributed by atoms with van der Waals surface area (Å²) in [6.45, 7) is 2.20. The largest absolute Gasteiger partial charge is 0.324 e. The Morgan fingerprint density at radius 1 is 1.43 bits per heavy atom. The van der Waals surface area contributed by atoms with Crippen LogP contribution in [0, 0.1) is 0 Å². The summed E-state index contributed by atoms with van der Waals surface area (Å²) < 4.78 is 0. The molecule has 1 atom stereocenters.